The second-order valence-electron chi connectivity index (χ2n) is 5.86. The van der Waals surface area contributed by atoms with Gasteiger partial charge in [0.05, 0.1) is 19.8 Å². The van der Waals surface area contributed by atoms with E-state index in [-0.39, 0.29) is 17.9 Å². The van der Waals surface area contributed by atoms with Crippen LogP contribution in [-0.4, -0.2) is 38.9 Å². The van der Waals surface area contributed by atoms with Crippen LogP contribution in [0.3, 0.4) is 0 Å². The molecule has 4 nitrogen and oxygen atoms in total. The third-order valence-corrected chi connectivity index (χ3v) is 1.85. The molecule has 0 saturated carbocycles. The molecule has 0 fully saturated rings. The van der Waals surface area contributed by atoms with Crippen molar-refractivity contribution in [3.05, 3.63) is 0 Å². The van der Waals surface area contributed by atoms with Gasteiger partial charge in [0.25, 0.3) is 0 Å². The maximum Gasteiger partial charge on any atom is 0.246 e. The molecule has 0 unspecified atom stereocenters. The molecular weight excluding hydrogens is 218 g/mol. The molecule has 0 aromatic heterocycles. The second kappa shape index (κ2) is 8.48. The summed E-state index contributed by atoms with van der Waals surface area (Å²) in [6, 6.07) is 0. The van der Waals surface area contributed by atoms with Crippen LogP contribution >= 0.6 is 0 Å². The van der Waals surface area contributed by atoms with E-state index in [0.29, 0.717) is 32.3 Å². The van der Waals surface area contributed by atoms with Gasteiger partial charge < -0.3 is 14.8 Å². The third kappa shape index (κ3) is 13.3. The maximum atomic E-state index is 11.3. The highest BCUT2D eigenvalue weighted by molar-refractivity contribution is 5.77. The Balaban J connectivity index is 3.31. The van der Waals surface area contributed by atoms with Crippen molar-refractivity contribution in [1.82, 2.24) is 5.32 Å². The summed E-state index contributed by atoms with van der Waals surface area (Å²) in [5.41, 5.74) is 0.175. The van der Waals surface area contributed by atoms with E-state index < -0.39 is 0 Å². The molecule has 0 aliphatic heterocycles. The van der Waals surface area contributed by atoms with Gasteiger partial charge in [-0.25, -0.2) is 0 Å². The van der Waals surface area contributed by atoms with Gasteiger partial charge in [0.1, 0.15) is 6.61 Å². The molecule has 1 N–H and O–H groups in total. The number of carbonyl (C=O) groups excluding carboxylic acids is 1. The van der Waals surface area contributed by atoms with Gasteiger partial charge >= 0.3 is 0 Å². The standard InChI is InChI=1S/C13H27NO3/c1-11(2)8-14-12(15)9-16-6-7-17-10-13(3,4)5/h11H,6-10H2,1-5H3,(H,14,15). The molecule has 17 heavy (non-hydrogen) atoms. The second-order valence-corrected chi connectivity index (χ2v) is 5.86. The summed E-state index contributed by atoms with van der Waals surface area (Å²) in [6.45, 7) is 13.0. The van der Waals surface area contributed by atoms with Crippen LogP contribution in [0.4, 0.5) is 0 Å². The molecule has 0 aromatic rings. The Morgan fingerprint density at radius 3 is 2.29 bits per heavy atom. The van der Waals surface area contributed by atoms with Gasteiger partial charge in [0.2, 0.25) is 5.91 Å². The Labute approximate surface area is 105 Å². The molecule has 1 amide bonds. The number of rotatable bonds is 8. The molecule has 4 heteroatoms. The lowest BCUT2D eigenvalue weighted by atomic mass is 9.99. The number of ether oxygens (including phenoxy) is 2. The Morgan fingerprint density at radius 2 is 1.76 bits per heavy atom. The lowest BCUT2D eigenvalue weighted by Crippen LogP contribution is -2.31. The van der Waals surface area contributed by atoms with Crippen molar-refractivity contribution in [2.75, 3.05) is 33.0 Å². The number of amides is 1. The van der Waals surface area contributed by atoms with Crippen LogP contribution in [0.1, 0.15) is 34.6 Å². The summed E-state index contributed by atoms with van der Waals surface area (Å²) >= 11 is 0. The molecule has 0 aliphatic rings. The topological polar surface area (TPSA) is 47.6 Å². The fourth-order valence-electron chi connectivity index (χ4n) is 1.03. The lowest BCUT2D eigenvalue weighted by Gasteiger charge is -2.17. The third-order valence-electron chi connectivity index (χ3n) is 1.85. The highest BCUT2D eigenvalue weighted by atomic mass is 16.5. The van der Waals surface area contributed by atoms with Crippen LogP contribution in [0.2, 0.25) is 0 Å². The van der Waals surface area contributed by atoms with Gasteiger partial charge in [-0.2, -0.15) is 0 Å². The van der Waals surface area contributed by atoms with E-state index in [1.807, 2.05) is 0 Å². The molecular formula is C13H27NO3. The van der Waals surface area contributed by atoms with Gasteiger partial charge in [-0.05, 0) is 11.3 Å². The first-order valence-corrected chi connectivity index (χ1v) is 6.23. The van der Waals surface area contributed by atoms with E-state index >= 15 is 0 Å². The predicted octanol–water partition coefficient (Wildman–Crippen LogP) is 1.84. The van der Waals surface area contributed by atoms with Gasteiger partial charge in [-0.15, -0.1) is 0 Å². The van der Waals surface area contributed by atoms with E-state index in [2.05, 4.69) is 39.9 Å². The van der Waals surface area contributed by atoms with Crippen molar-refractivity contribution in [1.29, 1.82) is 0 Å². The van der Waals surface area contributed by atoms with Crippen LogP contribution < -0.4 is 5.32 Å². The van der Waals surface area contributed by atoms with Crippen LogP contribution in [0.5, 0.6) is 0 Å². The molecule has 0 saturated heterocycles. The van der Waals surface area contributed by atoms with Crippen molar-refractivity contribution in [2.45, 2.75) is 34.6 Å². The average molecular weight is 245 g/mol. The molecule has 0 rings (SSSR count). The van der Waals surface area contributed by atoms with Gasteiger partial charge in [0.15, 0.2) is 0 Å². The molecule has 0 aliphatic carbocycles. The first-order valence-electron chi connectivity index (χ1n) is 6.23. The first-order chi connectivity index (χ1) is 7.81. The minimum atomic E-state index is -0.0606. The Morgan fingerprint density at radius 1 is 1.18 bits per heavy atom. The highest BCUT2D eigenvalue weighted by Crippen LogP contribution is 2.12. The Hall–Kier alpha value is -0.610. The minimum Gasteiger partial charge on any atom is -0.379 e. The monoisotopic (exact) mass is 245 g/mol. The van der Waals surface area contributed by atoms with Crippen molar-refractivity contribution in [3.63, 3.8) is 0 Å². The zero-order valence-corrected chi connectivity index (χ0v) is 11.8. The first kappa shape index (κ1) is 16.4. The van der Waals surface area contributed by atoms with Gasteiger partial charge in [-0.1, -0.05) is 34.6 Å². The summed E-state index contributed by atoms with van der Waals surface area (Å²) < 4.78 is 10.6. The SMILES string of the molecule is CC(C)CNC(=O)COCCOCC(C)(C)C. The van der Waals surface area contributed by atoms with Crippen LogP contribution in [0.25, 0.3) is 0 Å². The molecule has 0 bridgehead atoms. The smallest absolute Gasteiger partial charge is 0.246 e. The zero-order chi connectivity index (χ0) is 13.3. The summed E-state index contributed by atoms with van der Waals surface area (Å²) in [5, 5.41) is 2.79. The molecule has 0 spiro atoms. The highest BCUT2D eigenvalue weighted by Gasteiger charge is 2.09. The average Bonchev–Trinajstić information content (AvgIpc) is 2.18. The number of carbonyl (C=O) groups is 1. The van der Waals surface area contributed by atoms with Crippen LogP contribution in [-0.2, 0) is 14.3 Å². The van der Waals surface area contributed by atoms with Gasteiger partial charge in [-0.3, -0.25) is 4.79 Å². The van der Waals surface area contributed by atoms with E-state index in [4.69, 9.17) is 9.47 Å². The van der Waals surface area contributed by atoms with E-state index in [0.717, 1.165) is 0 Å². The summed E-state index contributed by atoms with van der Waals surface area (Å²) in [5.74, 6) is 0.406. The van der Waals surface area contributed by atoms with Crippen molar-refractivity contribution >= 4 is 5.91 Å². The zero-order valence-electron chi connectivity index (χ0n) is 11.8. The number of hydrogen-bond acceptors (Lipinski definition) is 3. The maximum absolute atomic E-state index is 11.3. The Kier molecular flexibility index (Phi) is 8.17. The van der Waals surface area contributed by atoms with Crippen LogP contribution in [0.15, 0.2) is 0 Å². The molecule has 0 radical (unpaired) electrons. The van der Waals surface area contributed by atoms with E-state index in [1.165, 1.54) is 0 Å². The molecule has 0 aromatic carbocycles. The number of hydrogen-bond donors (Lipinski definition) is 1. The van der Waals surface area contributed by atoms with Crippen LogP contribution in [0, 0.1) is 11.3 Å². The van der Waals surface area contributed by atoms with E-state index in [1.54, 1.807) is 0 Å². The fourth-order valence-corrected chi connectivity index (χ4v) is 1.03. The molecule has 102 valence electrons. The minimum absolute atomic E-state index is 0.0606. The Bertz CT molecular complexity index is 209. The number of nitrogens with one attached hydrogen (secondary N) is 1. The summed E-state index contributed by atoms with van der Waals surface area (Å²) in [6.07, 6.45) is 0. The molecule has 0 atom stereocenters. The largest absolute Gasteiger partial charge is 0.379 e. The summed E-state index contributed by atoms with van der Waals surface area (Å²) in [4.78, 5) is 11.3. The van der Waals surface area contributed by atoms with E-state index in [9.17, 15) is 4.79 Å². The van der Waals surface area contributed by atoms with Crippen molar-refractivity contribution in [2.24, 2.45) is 11.3 Å². The predicted molar refractivity (Wildman–Crippen MR) is 68.9 cm³/mol. The quantitative estimate of drug-likeness (QED) is 0.664. The summed E-state index contributed by atoms with van der Waals surface area (Å²) in [7, 11) is 0. The van der Waals surface area contributed by atoms with Gasteiger partial charge in [0, 0.05) is 6.54 Å². The normalized spacial score (nSPS) is 11.9. The van der Waals surface area contributed by atoms with Crippen molar-refractivity contribution < 1.29 is 14.3 Å². The molecule has 0 heterocycles. The lowest BCUT2D eigenvalue weighted by molar-refractivity contribution is -0.126. The fraction of sp³-hybridized carbons (Fsp3) is 0.923. The van der Waals surface area contributed by atoms with Crippen molar-refractivity contribution in [3.8, 4) is 0 Å².